The van der Waals surface area contributed by atoms with Gasteiger partial charge in [0, 0.05) is 25.7 Å². The van der Waals surface area contributed by atoms with Crippen LogP contribution in [0.4, 0.5) is 0 Å². The van der Waals surface area contributed by atoms with Gasteiger partial charge in [-0.15, -0.1) is 0 Å². The SMILES string of the molecule is COc1ccc(S(=O)(=O)NCC2CCCN(C(=O)C=C(C)C)C2)cc1. The highest BCUT2D eigenvalue weighted by Gasteiger charge is 2.24. The Kier molecular flexibility index (Phi) is 6.61. The van der Waals surface area contributed by atoms with E-state index >= 15 is 0 Å². The molecule has 2 rings (SSSR count). The minimum absolute atomic E-state index is 0.00251. The third-order valence-electron chi connectivity index (χ3n) is 4.17. The molecular weight excluding hydrogens is 340 g/mol. The quantitative estimate of drug-likeness (QED) is 0.783. The Balaban J connectivity index is 1.95. The number of allylic oxidation sites excluding steroid dienone is 1. The van der Waals surface area contributed by atoms with E-state index in [4.69, 9.17) is 4.74 Å². The zero-order chi connectivity index (χ0) is 18.4. The molecule has 1 aromatic carbocycles. The molecule has 0 spiro atoms. The molecule has 1 fully saturated rings. The Morgan fingerprint density at radius 2 is 2.00 bits per heavy atom. The largest absolute Gasteiger partial charge is 0.497 e. The van der Waals surface area contributed by atoms with Crippen LogP contribution in [0.15, 0.2) is 40.8 Å². The molecule has 7 heteroatoms. The fourth-order valence-corrected chi connectivity index (χ4v) is 3.95. The Labute approximate surface area is 149 Å². The fraction of sp³-hybridized carbons (Fsp3) is 0.500. The molecule has 1 atom stereocenters. The maximum Gasteiger partial charge on any atom is 0.246 e. The first-order valence-electron chi connectivity index (χ1n) is 8.39. The minimum atomic E-state index is -3.56. The van der Waals surface area contributed by atoms with Crippen LogP contribution in [0.3, 0.4) is 0 Å². The van der Waals surface area contributed by atoms with Gasteiger partial charge in [0.2, 0.25) is 15.9 Å². The van der Waals surface area contributed by atoms with Crippen LogP contribution in [-0.2, 0) is 14.8 Å². The van der Waals surface area contributed by atoms with Gasteiger partial charge in [0.25, 0.3) is 0 Å². The van der Waals surface area contributed by atoms with E-state index in [9.17, 15) is 13.2 Å². The van der Waals surface area contributed by atoms with Gasteiger partial charge in [-0.3, -0.25) is 4.79 Å². The highest BCUT2D eigenvalue weighted by Crippen LogP contribution is 2.19. The maximum atomic E-state index is 12.4. The molecule has 0 aromatic heterocycles. The summed E-state index contributed by atoms with van der Waals surface area (Å²) in [6.45, 7) is 5.41. The maximum absolute atomic E-state index is 12.4. The molecule has 1 heterocycles. The van der Waals surface area contributed by atoms with Crippen LogP contribution in [0, 0.1) is 5.92 Å². The van der Waals surface area contributed by atoms with Gasteiger partial charge in [0.15, 0.2) is 0 Å². The molecular formula is C18H26N2O4S. The number of hydrogen-bond donors (Lipinski definition) is 1. The highest BCUT2D eigenvalue weighted by molar-refractivity contribution is 7.89. The number of rotatable bonds is 6. The van der Waals surface area contributed by atoms with Gasteiger partial charge < -0.3 is 9.64 Å². The van der Waals surface area contributed by atoms with Gasteiger partial charge in [-0.1, -0.05) is 5.57 Å². The van der Waals surface area contributed by atoms with Crippen molar-refractivity contribution in [3.63, 3.8) is 0 Å². The molecule has 1 unspecified atom stereocenters. The molecule has 138 valence electrons. The average Bonchev–Trinajstić information content (AvgIpc) is 2.60. The van der Waals surface area contributed by atoms with Crippen molar-refractivity contribution in [2.24, 2.45) is 5.92 Å². The molecule has 1 N–H and O–H groups in total. The second-order valence-corrected chi connectivity index (χ2v) is 8.31. The number of piperidine rings is 1. The number of hydrogen-bond acceptors (Lipinski definition) is 4. The van der Waals surface area contributed by atoms with Gasteiger partial charge in [-0.25, -0.2) is 13.1 Å². The summed E-state index contributed by atoms with van der Waals surface area (Å²) >= 11 is 0. The first-order chi connectivity index (χ1) is 11.8. The predicted octanol–water partition coefficient (Wildman–Crippen LogP) is 2.18. The number of amides is 1. The molecule has 0 aliphatic carbocycles. The van der Waals surface area contributed by atoms with Gasteiger partial charge in [-0.05, 0) is 56.9 Å². The van der Waals surface area contributed by atoms with Gasteiger partial charge in [0.05, 0.1) is 12.0 Å². The molecule has 25 heavy (non-hydrogen) atoms. The highest BCUT2D eigenvalue weighted by atomic mass is 32.2. The van der Waals surface area contributed by atoms with E-state index in [1.54, 1.807) is 23.1 Å². The first-order valence-corrected chi connectivity index (χ1v) is 9.87. The third-order valence-corrected chi connectivity index (χ3v) is 5.61. The number of carbonyl (C=O) groups excluding carboxylic acids is 1. The molecule has 0 saturated carbocycles. The summed E-state index contributed by atoms with van der Waals surface area (Å²) in [5.74, 6) is 0.735. The lowest BCUT2D eigenvalue weighted by atomic mass is 9.98. The lowest BCUT2D eigenvalue weighted by Gasteiger charge is -2.32. The summed E-state index contributed by atoms with van der Waals surface area (Å²) in [5, 5.41) is 0. The Morgan fingerprint density at radius 3 is 2.60 bits per heavy atom. The number of benzene rings is 1. The fourth-order valence-electron chi connectivity index (χ4n) is 2.84. The van der Waals surface area contributed by atoms with Crippen molar-refractivity contribution < 1.29 is 17.9 Å². The van der Waals surface area contributed by atoms with Crippen molar-refractivity contribution in [1.29, 1.82) is 0 Å². The van der Waals surface area contributed by atoms with Gasteiger partial charge >= 0.3 is 0 Å². The smallest absolute Gasteiger partial charge is 0.246 e. The monoisotopic (exact) mass is 366 g/mol. The van der Waals surface area contributed by atoms with Crippen LogP contribution in [0.2, 0.25) is 0 Å². The Morgan fingerprint density at radius 1 is 1.32 bits per heavy atom. The van der Waals surface area contributed by atoms with Gasteiger partial charge in [0.1, 0.15) is 5.75 Å². The van der Waals surface area contributed by atoms with E-state index in [2.05, 4.69) is 4.72 Å². The molecule has 1 aliphatic heterocycles. The van der Waals surface area contributed by atoms with Crippen LogP contribution in [0.1, 0.15) is 26.7 Å². The van der Waals surface area contributed by atoms with Crippen molar-refractivity contribution in [2.45, 2.75) is 31.6 Å². The lowest BCUT2D eigenvalue weighted by molar-refractivity contribution is -0.127. The van der Waals surface area contributed by atoms with Crippen molar-refractivity contribution in [3.05, 3.63) is 35.9 Å². The summed E-state index contributed by atoms with van der Waals surface area (Å²) in [6, 6.07) is 6.28. The topological polar surface area (TPSA) is 75.7 Å². The van der Waals surface area contributed by atoms with Crippen LogP contribution in [0.5, 0.6) is 5.75 Å². The zero-order valence-electron chi connectivity index (χ0n) is 15.0. The normalized spacial score (nSPS) is 17.9. The molecule has 1 saturated heterocycles. The average molecular weight is 366 g/mol. The summed E-state index contributed by atoms with van der Waals surface area (Å²) in [5.41, 5.74) is 0.965. The summed E-state index contributed by atoms with van der Waals surface area (Å²) < 4.78 is 32.5. The van der Waals surface area contributed by atoms with E-state index in [0.29, 0.717) is 18.8 Å². The van der Waals surface area contributed by atoms with E-state index in [-0.39, 0.29) is 16.7 Å². The van der Waals surface area contributed by atoms with Crippen molar-refractivity contribution in [3.8, 4) is 5.75 Å². The van der Waals surface area contributed by atoms with Crippen molar-refractivity contribution >= 4 is 15.9 Å². The molecule has 6 nitrogen and oxygen atoms in total. The van der Waals surface area contributed by atoms with E-state index in [0.717, 1.165) is 25.0 Å². The van der Waals surface area contributed by atoms with Crippen LogP contribution in [-0.4, -0.2) is 46.0 Å². The molecule has 1 amide bonds. The third kappa shape index (κ3) is 5.57. The molecule has 0 bridgehead atoms. The number of nitrogens with zero attached hydrogens (tertiary/aromatic N) is 1. The number of methoxy groups -OCH3 is 1. The summed E-state index contributed by atoms with van der Waals surface area (Å²) in [7, 11) is -2.03. The Hall–Kier alpha value is -1.86. The van der Waals surface area contributed by atoms with Crippen molar-refractivity contribution in [1.82, 2.24) is 9.62 Å². The van der Waals surface area contributed by atoms with E-state index < -0.39 is 10.0 Å². The number of ether oxygens (including phenoxy) is 1. The first kappa shape index (κ1) is 19.5. The van der Waals surface area contributed by atoms with E-state index in [1.165, 1.54) is 19.2 Å². The van der Waals surface area contributed by atoms with E-state index in [1.807, 2.05) is 13.8 Å². The summed E-state index contributed by atoms with van der Waals surface area (Å²) in [6.07, 6.45) is 3.42. The van der Waals surface area contributed by atoms with Crippen molar-refractivity contribution in [2.75, 3.05) is 26.7 Å². The Bertz CT molecular complexity index is 722. The van der Waals surface area contributed by atoms with Crippen LogP contribution in [0.25, 0.3) is 0 Å². The lowest BCUT2D eigenvalue weighted by Crippen LogP contribution is -2.43. The second kappa shape index (κ2) is 8.49. The number of likely N-dealkylation sites (tertiary alicyclic amines) is 1. The molecule has 1 aliphatic rings. The standard InChI is InChI=1S/C18H26N2O4S/c1-14(2)11-18(21)20-10-4-5-15(13-20)12-19-25(22,23)17-8-6-16(24-3)7-9-17/h6-9,11,15,19H,4-5,10,12-13H2,1-3H3. The van der Waals surface area contributed by atoms with Crippen LogP contribution >= 0.6 is 0 Å². The van der Waals surface area contributed by atoms with Crippen LogP contribution < -0.4 is 9.46 Å². The predicted molar refractivity (Wildman–Crippen MR) is 96.9 cm³/mol. The number of carbonyl (C=O) groups is 1. The molecule has 0 radical (unpaired) electrons. The number of sulfonamides is 1. The summed E-state index contributed by atoms with van der Waals surface area (Å²) in [4.78, 5) is 14.1. The van der Waals surface area contributed by atoms with Gasteiger partial charge in [-0.2, -0.15) is 0 Å². The molecule has 1 aromatic rings. The number of nitrogens with one attached hydrogen (secondary N) is 1. The second-order valence-electron chi connectivity index (χ2n) is 6.54. The minimum Gasteiger partial charge on any atom is -0.497 e. The zero-order valence-corrected chi connectivity index (χ0v) is 15.8.